The van der Waals surface area contributed by atoms with Gasteiger partial charge in [0, 0.05) is 6.54 Å². The van der Waals surface area contributed by atoms with Gasteiger partial charge in [0.15, 0.2) is 5.60 Å². The number of rotatable bonds is 5. The molecule has 0 amide bonds. The van der Waals surface area contributed by atoms with E-state index in [9.17, 15) is 9.90 Å². The summed E-state index contributed by atoms with van der Waals surface area (Å²) >= 11 is 0. The molecule has 0 aliphatic carbocycles. The van der Waals surface area contributed by atoms with Gasteiger partial charge in [-0.15, -0.1) is 0 Å². The van der Waals surface area contributed by atoms with Crippen LogP contribution >= 0.6 is 0 Å². The zero-order chi connectivity index (χ0) is 13.8. The highest BCUT2D eigenvalue weighted by Gasteiger charge is 2.37. The topological polar surface area (TPSA) is 49.8 Å². The number of hydrogen-bond donors (Lipinski definition) is 1. The number of esters is 1. The predicted octanol–water partition coefficient (Wildman–Crippen LogP) is 1.81. The molecule has 4 heteroatoms. The van der Waals surface area contributed by atoms with Crippen molar-refractivity contribution in [3.05, 3.63) is 0 Å². The lowest BCUT2D eigenvalue weighted by Gasteiger charge is -2.42. The number of nitrogens with zero attached hydrogens (tertiary/aromatic N) is 1. The minimum atomic E-state index is -1.40. The normalized spacial score (nSPS) is 23.4. The Labute approximate surface area is 110 Å². The van der Waals surface area contributed by atoms with Gasteiger partial charge in [-0.25, -0.2) is 4.79 Å². The largest absolute Gasteiger partial charge is 0.467 e. The second kappa shape index (κ2) is 6.02. The summed E-state index contributed by atoms with van der Waals surface area (Å²) in [5, 5.41) is 10.1. The molecule has 1 aliphatic heterocycles. The molecule has 1 fully saturated rings. The quantitative estimate of drug-likeness (QED) is 0.763. The number of methoxy groups -OCH3 is 1. The summed E-state index contributed by atoms with van der Waals surface area (Å²) in [6, 6.07) is 0. The first-order valence-corrected chi connectivity index (χ1v) is 6.92. The highest BCUT2D eigenvalue weighted by molar-refractivity contribution is 5.78. The molecule has 0 aromatic carbocycles. The molecule has 1 atom stereocenters. The minimum absolute atomic E-state index is 0.364. The van der Waals surface area contributed by atoms with Crippen LogP contribution in [0.5, 0.6) is 0 Å². The van der Waals surface area contributed by atoms with Crippen molar-refractivity contribution in [2.24, 2.45) is 5.41 Å². The van der Waals surface area contributed by atoms with Crippen LogP contribution < -0.4 is 0 Å². The van der Waals surface area contributed by atoms with Gasteiger partial charge in [0.25, 0.3) is 0 Å². The van der Waals surface area contributed by atoms with Gasteiger partial charge in [-0.2, -0.15) is 0 Å². The molecule has 18 heavy (non-hydrogen) atoms. The van der Waals surface area contributed by atoms with Crippen LogP contribution in [-0.2, 0) is 9.53 Å². The Balaban J connectivity index is 2.51. The van der Waals surface area contributed by atoms with Crippen LogP contribution in [0.2, 0.25) is 0 Å². The summed E-state index contributed by atoms with van der Waals surface area (Å²) in [6.07, 6.45) is 4.73. The van der Waals surface area contributed by atoms with E-state index in [2.05, 4.69) is 23.5 Å². The predicted molar refractivity (Wildman–Crippen MR) is 71.3 cm³/mol. The van der Waals surface area contributed by atoms with E-state index in [-0.39, 0.29) is 0 Å². The molecule has 0 aromatic heterocycles. The number of carbonyl (C=O) groups is 1. The van der Waals surface area contributed by atoms with Crippen molar-refractivity contribution in [3.8, 4) is 0 Å². The summed E-state index contributed by atoms with van der Waals surface area (Å²) in [4.78, 5) is 13.6. The molecule has 1 heterocycles. The number of hydrogen-bond acceptors (Lipinski definition) is 4. The van der Waals surface area contributed by atoms with Crippen LogP contribution in [0.3, 0.4) is 0 Å². The molecule has 106 valence electrons. The maximum Gasteiger partial charge on any atom is 0.338 e. The Morgan fingerprint density at radius 3 is 2.22 bits per heavy atom. The van der Waals surface area contributed by atoms with Gasteiger partial charge in [0.1, 0.15) is 0 Å². The monoisotopic (exact) mass is 257 g/mol. The number of carbonyl (C=O) groups excluding carboxylic acids is 1. The third kappa shape index (κ3) is 3.45. The van der Waals surface area contributed by atoms with Crippen molar-refractivity contribution >= 4 is 5.97 Å². The van der Waals surface area contributed by atoms with E-state index in [1.165, 1.54) is 26.9 Å². The van der Waals surface area contributed by atoms with Crippen LogP contribution in [-0.4, -0.2) is 48.3 Å². The fourth-order valence-corrected chi connectivity index (χ4v) is 2.86. The Bertz CT molecular complexity index is 275. The first-order chi connectivity index (χ1) is 8.39. The number of likely N-dealkylation sites (tertiary alicyclic amines) is 1. The van der Waals surface area contributed by atoms with Crippen molar-refractivity contribution < 1.29 is 14.6 Å². The molecular formula is C14H27NO3. The summed E-state index contributed by atoms with van der Waals surface area (Å²) in [5.74, 6) is -0.551. The van der Waals surface area contributed by atoms with Gasteiger partial charge < -0.3 is 9.84 Å². The molecule has 0 spiro atoms. The maximum absolute atomic E-state index is 11.4. The van der Waals surface area contributed by atoms with E-state index in [0.29, 0.717) is 12.0 Å². The number of piperidine rings is 1. The second-order valence-corrected chi connectivity index (χ2v) is 5.75. The van der Waals surface area contributed by atoms with Crippen LogP contribution in [0.25, 0.3) is 0 Å². The van der Waals surface area contributed by atoms with Crippen molar-refractivity contribution in [1.29, 1.82) is 0 Å². The molecule has 0 radical (unpaired) electrons. The molecule has 1 aliphatic rings. The Morgan fingerprint density at radius 2 is 1.83 bits per heavy atom. The molecule has 1 unspecified atom stereocenters. The SMILES string of the molecule is CCC1(CC)CCN(CC(C)(O)C(=O)OC)CC1. The van der Waals surface area contributed by atoms with E-state index < -0.39 is 11.6 Å². The Hall–Kier alpha value is -0.610. The number of β-amino-alcohol motifs (C(OH)–C–C–N with tert-alkyl or cyclic N) is 1. The Kier molecular flexibility index (Phi) is 5.17. The lowest BCUT2D eigenvalue weighted by molar-refractivity contribution is -0.162. The molecule has 0 aromatic rings. The van der Waals surface area contributed by atoms with Gasteiger partial charge in [-0.05, 0) is 38.3 Å². The van der Waals surface area contributed by atoms with Crippen LogP contribution in [0.1, 0.15) is 46.5 Å². The van der Waals surface area contributed by atoms with Crippen LogP contribution in [0.4, 0.5) is 0 Å². The first kappa shape index (κ1) is 15.4. The van der Waals surface area contributed by atoms with Crippen LogP contribution in [0.15, 0.2) is 0 Å². The lowest BCUT2D eigenvalue weighted by atomic mass is 9.74. The molecule has 1 rings (SSSR count). The third-order valence-electron chi connectivity index (χ3n) is 4.57. The van der Waals surface area contributed by atoms with E-state index in [1.54, 1.807) is 0 Å². The average molecular weight is 257 g/mol. The van der Waals surface area contributed by atoms with Gasteiger partial charge in [0.2, 0.25) is 0 Å². The van der Waals surface area contributed by atoms with Gasteiger partial charge in [0.05, 0.1) is 7.11 Å². The molecule has 1 saturated heterocycles. The summed E-state index contributed by atoms with van der Waals surface area (Å²) in [6.45, 7) is 8.31. The minimum Gasteiger partial charge on any atom is -0.467 e. The summed E-state index contributed by atoms with van der Waals surface area (Å²) in [5.41, 5.74) is -0.930. The maximum atomic E-state index is 11.4. The molecule has 4 nitrogen and oxygen atoms in total. The summed E-state index contributed by atoms with van der Waals surface area (Å²) in [7, 11) is 1.31. The highest BCUT2D eigenvalue weighted by atomic mass is 16.5. The molecular weight excluding hydrogens is 230 g/mol. The highest BCUT2D eigenvalue weighted by Crippen LogP contribution is 2.38. The smallest absolute Gasteiger partial charge is 0.338 e. The van der Waals surface area contributed by atoms with Crippen molar-refractivity contribution in [3.63, 3.8) is 0 Å². The lowest BCUT2D eigenvalue weighted by Crippen LogP contribution is -2.50. The van der Waals surface area contributed by atoms with Crippen molar-refractivity contribution in [2.75, 3.05) is 26.7 Å². The number of ether oxygens (including phenoxy) is 1. The van der Waals surface area contributed by atoms with E-state index in [0.717, 1.165) is 25.9 Å². The molecule has 0 saturated carbocycles. The van der Waals surface area contributed by atoms with E-state index in [4.69, 9.17) is 0 Å². The van der Waals surface area contributed by atoms with Gasteiger partial charge >= 0.3 is 5.97 Å². The average Bonchev–Trinajstić information content (AvgIpc) is 2.38. The fourth-order valence-electron chi connectivity index (χ4n) is 2.86. The molecule has 0 bridgehead atoms. The van der Waals surface area contributed by atoms with E-state index >= 15 is 0 Å². The van der Waals surface area contributed by atoms with Crippen molar-refractivity contribution in [2.45, 2.75) is 52.1 Å². The van der Waals surface area contributed by atoms with Crippen molar-refractivity contribution in [1.82, 2.24) is 4.90 Å². The fraction of sp³-hybridized carbons (Fsp3) is 0.929. The first-order valence-electron chi connectivity index (χ1n) is 6.92. The number of aliphatic hydroxyl groups is 1. The Morgan fingerprint density at radius 1 is 1.33 bits per heavy atom. The third-order valence-corrected chi connectivity index (χ3v) is 4.57. The zero-order valence-corrected chi connectivity index (χ0v) is 12.2. The van der Waals surface area contributed by atoms with E-state index in [1.807, 2.05) is 0 Å². The second-order valence-electron chi connectivity index (χ2n) is 5.75. The van der Waals surface area contributed by atoms with Crippen LogP contribution in [0, 0.1) is 5.41 Å². The molecule has 1 N–H and O–H groups in total. The standard InChI is InChI=1S/C14H27NO3/c1-5-14(6-2)7-9-15(10-8-14)11-13(3,17)12(16)18-4/h17H,5-11H2,1-4H3. The van der Waals surface area contributed by atoms with Gasteiger partial charge in [-0.3, -0.25) is 4.90 Å². The van der Waals surface area contributed by atoms with Gasteiger partial charge in [-0.1, -0.05) is 26.7 Å². The summed E-state index contributed by atoms with van der Waals surface area (Å²) < 4.78 is 4.62. The zero-order valence-electron chi connectivity index (χ0n) is 12.2.